The second-order valence-electron chi connectivity index (χ2n) is 4.60. The Morgan fingerprint density at radius 3 is 2.29 bits per heavy atom. The molecule has 0 saturated carbocycles. The summed E-state index contributed by atoms with van der Waals surface area (Å²) in [6.45, 7) is 2.05. The van der Waals surface area contributed by atoms with E-state index in [4.69, 9.17) is 32.7 Å². The molecule has 0 aliphatic carbocycles. The number of nitrogens with one attached hydrogen (secondary N) is 1. The first-order chi connectivity index (χ1) is 10.0. The monoisotopic (exact) mass is 325 g/mol. The topological polar surface area (TPSA) is 30.5 Å². The Labute approximate surface area is 134 Å². The summed E-state index contributed by atoms with van der Waals surface area (Å²) in [6, 6.07) is 11.3. The molecule has 0 spiro atoms. The number of halogens is 2. The number of hydrogen-bond acceptors (Lipinski definition) is 3. The van der Waals surface area contributed by atoms with Crippen molar-refractivity contribution in [1.29, 1.82) is 0 Å². The Kier molecular flexibility index (Phi) is 5.21. The van der Waals surface area contributed by atoms with Gasteiger partial charge in [-0.25, -0.2) is 0 Å². The van der Waals surface area contributed by atoms with Crippen LogP contribution in [0, 0.1) is 0 Å². The van der Waals surface area contributed by atoms with E-state index < -0.39 is 0 Å². The Bertz CT molecular complexity index is 632. The molecule has 0 aliphatic heterocycles. The van der Waals surface area contributed by atoms with Gasteiger partial charge in [-0.05, 0) is 42.8 Å². The lowest BCUT2D eigenvalue weighted by Crippen LogP contribution is -2.07. The van der Waals surface area contributed by atoms with Crippen LogP contribution in [0.1, 0.15) is 18.5 Å². The molecule has 1 atom stereocenters. The molecule has 2 aromatic carbocycles. The lowest BCUT2D eigenvalue weighted by molar-refractivity contribution is 0.354. The number of anilines is 1. The van der Waals surface area contributed by atoms with E-state index in [2.05, 4.69) is 5.32 Å². The van der Waals surface area contributed by atoms with Crippen molar-refractivity contribution in [3.8, 4) is 11.5 Å². The zero-order valence-corrected chi connectivity index (χ0v) is 13.6. The van der Waals surface area contributed by atoms with Crippen molar-refractivity contribution in [2.24, 2.45) is 0 Å². The number of methoxy groups -OCH3 is 2. The molecule has 0 fully saturated rings. The Morgan fingerprint density at radius 2 is 1.67 bits per heavy atom. The summed E-state index contributed by atoms with van der Waals surface area (Å²) < 4.78 is 10.6. The second kappa shape index (κ2) is 6.92. The Balaban J connectivity index is 2.21. The minimum absolute atomic E-state index is 0.0588. The third-order valence-electron chi connectivity index (χ3n) is 3.21. The van der Waals surface area contributed by atoms with Gasteiger partial charge < -0.3 is 14.8 Å². The molecule has 0 bridgehead atoms. The summed E-state index contributed by atoms with van der Waals surface area (Å²) in [5.41, 5.74) is 1.90. The van der Waals surface area contributed by atoms with Gasteiger partial charge in [0.25, 0.3) is 0 Å². The maximum Gasteiger partial charge on any atom is 0.161 e. The zero-order chi connectivity index (χ0) is 15.4. The van der Waals surface area contributed by atoms with Crippen LogP contribution in [0.4, 0.5) is 5.69 Å². The van der Waals surface area contributed by atoms with Crippen molar-refractivity contribution in [3.05, 3.63) is 52.0 Å². The van der Waals surface area contributed by atoms with Gasteiger partial charge in [-0.3, -0.25) is 0 Å². The van der Waals surface area contributed by atoms with Crippen LogP contribution in [0.5, 0.6) is 11.5 Å². The lowest BCUT2D eigenvalue weighted by atomic mass is 10.1. The van der Waals surface area contributed by atoms with E-state index in [1.807, 2.05) is 31.2 Å². The summed E-state index contributed by atoms with van der Waals surface area (Å²) in [5.74, 6) is 1.41. The van der Waals surface area contributed by atoms with Gasteiger partial charge in [0.15, 0.2) is 11.5 Å². The molecule has 0 amide bonds. The van der Waals surface area contributed by atoms with Crippen LogP contribution in [0.15, 0.2) is 36.4 Å². The van der Waals surface area contributed by atoms with Gasteiger partial charge in [-0.2, -0.15) is 0 Å². The van der Waals surface area contributed by atoms with Crippen LogP contribution in [-0.2, 0) is 0 Å². The minimum atomic E-state index is 0.0588. The van der Waals surface area contributed by atoms with Crippen molar-refractivity contribution >= 4 is 28.9 Å². The molecule has 2 aromatic rings. The lowest BCUT2D eigenvalue weighted by Gasteiger charge is -2.18. The molecule has 0 heterocycles. The van der Waals surface area contributed by atoms with E-state index in [0.717, 1.165) is 11.3 Å². The van der Waals surface area contributed by atoms with Crippen molar-refractivity contribution in [2.75, 3.05) is 19.5 Å². The molecule has 0 aromatic heterocycles. The van der Waals surface area contributed by atoms with Crippen LogP contribution in [-0.4, -0.2) is 14.2 Å². The molecular formula is C16H17Cl2NO2. The van der Waals surface area contributed by atoms with E-state index in [-0.39, 0.29) is 6.04 Å². The van der Waals surface area contributed by atoms with Crippen LogP contribution >= 0.6 is 23.2 Å². The number of ether oxygens (including phenoxy) is 2. The zero-order valence-electron chi connectivity index (χ0n) is 12.1. The standard InChI is InChI=1S/C16H17Cl2NO2/c1-10(19-14-6-5-12(17)9-13(14)18)11-4-7-15(20-2)16(8-11)21-3/h4-10,19H,1-3H3. The average molecular weight is 326 g/mol. The summed E-state index contributed by atoms with van der Waals surface area (Å²) in [4.78, 5) is 0. The maximum absolute atomic E-state index is 6.18. The fraction of sp³-hybridized carbons (Fsp3) is 0.250. The second-order valence-corrected chi connectivity index (χ2v) is 5.45. The first kappa shape index (κ1) is 15.8. The van der Waals surface area contributed by atoms with Crippen molar-refractivity contribution in [3.63, 3.8) is 0 Å². The third-order valence-corrected chi connectivity index (χ3v) is 3.76. The van der Waals surface area contributed by atoms with Gasteiger partial charge in [0.05, 0.1) is 24.9 Å². The first-order valence-corrected chi connectivity index (χ1v) is 7.24. The molecule has 0 saturated heterocycles. The predicted molar refractivity (Wildman–Crippen MR) is 88.0 cm³/mol. The summed E-state index contributed by atoms with van der Waals surface area (Å²) in [6.07, 6.45) is 0. The SMILES string of the molecule is COc1ccc(C(C)Nc2ccc(Cl)cc2Cl)cc1OC. The number of benzene rings is 2. The summed E-state index contributed by atoms with van der Waals surface area (Å²) in [5, 5.41) is 4.56. The van der Waals surface area contributed by atoms with E-state index >= 15 is 0 Å². The maximum atomic E-state index is 6.18. The molecule has 3 nitrogen and oxygen atoms in total. The molecule has 21 heavy (non-hydrogen) atoms. The molecule has 0 radical (unpaired) electrons. The number of rotatable bonds is 5. The predicted octanol–water partition coefficient (Wildman–Crippen LogP) is 5.18. The van der Waals surface area contributed by atoms with Crippen LogP contribution < -0.4 is 14.8 Å². The highest BCUT2D eigenvalue weighted by Crippen LogP contribution is 2.33. The molecule has 1 N–H and O–H groups in total. The molecule has 112 valence electrons. The minimum Gasteiger partial charge on any atom is -0.493 e. The first-order valence-electron chi connectivity index (χ1n) is 6.48. The van der Waals surface area contributed by atoms with Gasteiger partial charge in [0.1, 0.15) is 0 Å². The smallest absolute Gasteiger partial charge is 0.161 e. The van der Waals surface area contributed by atoms with Gasteiger partial charge in [0.2, 0.25) is 0 Å². The molecule has 1 unspecified atom stereocenters. The van der Waals surface area contributed by atoms with Crippen LogP contribution in [0.25, 0.3) is 0 Å². The molecular weight excluding hydrogens is 309 g/mol. The quantitative estimate of drug-likeness (QED) is 0.821. The summed E-state index contributed by atoms with van der Waals surface area (Å²) in [7, 11) is 3.24. The fourth-order valence-electron chi connectivity index (χ4n) is 2.05. The van der Waals surface area contributed by atoms with Crippen LogP contribution in [0.3, 0.4) is 0 Å². The summed E-state index contributed by atoms with van der Waals surface area (Å²) >= 11 is 12.1. The normalized spacial score (nSPS) is 11.9. The third kappa shape index (κ3) is 3.74. The van der Waals surface area contributed by atoms with Gasteiger partial charge in [-0.1, -0.05) is 29.3 Å². The fourth-order valence-corrected chi connectivity index (χ4v) is 2.51. The highest BCUT2D eigenvalue weighted by atomic mass is 35.5. The van der Waals surface area contributed by atoms with E-state index in [1.165, 1.54) is 0 Å². The highest BCUT2D eigenvalue weighted by Gasteiger charge is 2.11. The molecule has 2 rings (SSSR count). The van der Waals surface area contributed by atoms with E-state index in [9.17, 15) is 0 Å². The Morgan fingerprint density at radius 1 is 0.952 bits per heavy atom. The number of hydrogen-bond donors (Lipinski definition) is 1. The highest BCUT2D eigenvalue weighted by molar-refractivity contribution is 6.36. The van der Waals surface area contributed by atoms with Gasteiger partial charge in [0, 0.05) is 11.1 Å². The van der Waals surface area contributed by atoms with Crippen molar-refractivity contribution in [2.45, 2.75) is 13.0 Å². The molecule has 5 heteroatoms. The molecule has 0 aliphatic rings. The Hall–Kier alpha value is -1.58. The van der Waals surface area contributed by atoms with E-state index in [1.54, 1.807) is 26.4 Å². The average Bonchev–Trinajstić information content (AvgIpc) is 2.49. The van der Waals surface area contributed by atoms with Crippen LogP contribution in [0.2, 0.25) is 10.0 Å². The van der Waals surface area contributed by atoms with Crippen molar-refractivity contribution in [1.82, 2.24) is 0 Å². The largest absolute Gasteiger partial charge is 0.493 e. The van der Waals surface area contributed by atoms with Gasteiger partial charge >= 0.3 is 0 Å². The van der Waals surface area contributed by atoms with E-state index in [0.29, 0.717) is 21.5 Å². The van der Waals surface area contributed by atoms with Crippen molar-refractivity contribution < 1.29 is 9.47 Å². The van der Waals surface area contributed by atoms with Gasteiger partial charge in [-0.15, -0.1) is 0 Å².